The lowest BCUT2D eigenvalue weighted by atomic mass is 9.99. The van der Waals surface area contributed by atoms with Crippen LogP contribution in [0.1, 0.15) is 30.2 Å². The monoisotopic (exact) mass is 344 g/mol. The number of hydrogen-bond donors (Lipinski definition) is 2. The lowest BCUT2D eigenvalue weighted by Gasteiger charge is -2.32. The van der Waals surface area contributed by atoms with Gasteiger partial charge in [-0.05, 0) is 37.3 Å². The van der Waals surface area contributed by atoms with Crippen LogP contribution in [0.2, 0.25) is 0 Å². The molecule has 1 unspecified atom stereocenters. The molecule has 3 N–H and O–H groups in total. The van der Waals surface area contributed by atoms with E-state index >= 15 is 0 Å². The fraction of sp³-hybridized carbons (Fsp3) is 0.444. The third kappa shape index (κ3) is 4.13. The molecule has 1 aromatic carbocycles. The molecule has 128 valence electrons. The summed E-state index contributed by atoms with van der Waals surface area (Å²) in [6.45, 7) is 4.45. The van der Waals surface area contributed by atoms with E-state index in [-0.39, 0.29) is 11.9 Å². The number of amides is 1. The van der Waals surface area contributed by atoms with Gasteiger partial charge in [-0.25, -0.2) is 4.98 Å². The number of anilines is 1. The fourth-order valence-corrected chi connectivity index (χ4v) is 3.68. The Morgan fingerprint density at radius 3 is 2.96 bits per heavy atom. The number of nitrogens with zero attached hydrogens (tertiary/aromatic N) is 2. The minimum absolute atomic E-state index is 0.103. The van der Waals surface area contributed by atoms with Crippen LogP contribution >= 0.6 is 11.3 Å². The number of carbonyl (C=O) groups excluding carboxylic acids is 1. The minimum Gasteiger partial charge on any atom is -0.375 e. The molecule has 0 spiro atoms. The predicted molar refractivity (Wildman–Crippen MR) is 97.9 cm³/mol. The van der Waals surface area contributed by atoms with Gasteiger partial charge in [-0.3, -0.25) is 9.69 Å². The summed E-state index contributed by atoms with van der Waals surface area (Å²) in [6, 6.07) is 8.39. The van der Waals surface area contributed by atoms with E-state index in [4.69, 9.17) is 5.73 Å². The second kappa shape index (κ2) is 7.77. The molecule has 1 aliphatic rings. The molecular weight excluding hydrogens is 320 g/mol. The first-order valence-electron chi connectivity index (χ1n) is 8.42. The molecule has 0 fully saturated rings. The molecule has 0 radical (unpaired) electrons. The van der Waals surface area contributed by atoms with E-state index in [2.05, 4.69) is 39.5 Å². The van der Waals surface area contributed by atoms with Gasteiger partial charge in [0, 0.05) is 25.0 Å². The van der Waals surface area contributed by atoms with Gasteiger partial charge in [-0.2, -0.15) is 0 Å². The molecular formula is C18H24N4OS. The Morgan fingerprint density at radius 2 is 2.21 bits per heavy atom. The standard InChI is InChI=1S/C18H24N4OS/c1-13(22-10-8-14-5-2-3-6-15(14)11-22)17(23)20-9-4-7-16-12-24-18(19)21-16/h2-3,5-6,12-13H,4,7-11H2,1H3,(H2,19,21)(H,20,23). The fourth-order valence-electron chi connectivity index (χ4n) is 3.08. The number of nitrogens with two attached hydrogens (primary N) is 1. The van der Waals surface area contributed by atoms with Crippen molar-refractivity contribution in [1.82, 2.24) is 15.2 Å². The third-order valence-electron chi connectivity index (χ3n) is 4.57. The van der Waals surface area contributed by atoms with Gasteiger partial charge in [-0.1, -0.05) is 24.3 Å². The highest BCUT2D eigenvalue weighted by atomic mass is 32.1. The molecule has 2 heterocycles. The van der Waals surface area contributed by atoms with Crippen molar-refractivity contribution in [2.24, 2.45) is 0 Å². The number of fused-ring (bicyclic) bond motifs is 1. The molecule has 2 aromatic rings. The first kappa shape index (κ1) is 16.9. The molecule has 0 saturated carbocycles. The van der Waals surface area contributed by atoms with Crippen LogP contribution in [-0.4, -0.2) is 34.9 Å². The summed E-state index contributed by atoms with van der Waals surface area (Å²) in [5.41, 5.74) is 9.37. The zero-order valence-electron chi connectivity index (χ0n) is 14.0. The van der Waals surface area contributed by atoms with E-state index < -0.39 is 0 Å². The maximum absolute atomic E-state index is 12.4. The molecule has 1 atom stereocenters. The van der Waals surface area contributed by atoms with Crippen LogP contribution in [0.15, 0.2) is 29.6 Å². The topological polar surface area (TPSA) is 71.2 Å². The Balaban J connectivity index is 1.43. The molecule has 6 heteroatoms. The van der Waals surface area contributed by atoms with Crippen molar-refractivity contribution in [2.45, 2.75) is 38.8 Å². The average molecular weight is 344 g/mol. The Hall–Kier alpha value is -1.92. The zero-order valence-corrected chi connectivity index (χ0v) is 14.8. The molecule has 0 saturated heterocycles. The number of nitrogen functional groups attached to an aromatic ring is 1. The van der Waals surface area contributed by atoms with Crippen molar-refractivity contribution in [2.75, 3.05) is 18.8 Å². The van der Waals surface area contributed by atoms with Crippen molar-refractivity contribution in [3.8, 4) is 0 Å². The maximum Gasteiger partial charge on any atom is 0.237 e. The number of benzene rings is 1. The van der Waals surface area contributed by atoms with Gasteiger partial charge in [0.05, 0.1) is 11.7 Å². The smallest absolute Gasteiger partial charge is 0.237 e. The molecule has 5 nitrogen and oxygen atoms in total. The Morgan fingerprint density at radius 1 is 1.42 bits per heavy atom. The lowest BCUT2D eigenvalue weighted by Crippen LogP contribution is -2.47. The summed E-state index contributed by atoms with van der Waals surface area (Å²) in [6.07, 6.45) is 2.74. The van der Waals surface area contributed by atoms with Gasteiger partial charge in [0.25, 0.3) is 0 Å². The highest BCUT2D eigenvalue weighted by Gasteiger charge is 2.24. The first-order valence-corrected chi connectivity index (χ1v) is 9.30. The predicted octanol–water partition coefficient (Wildman–Crippen LogP) is 2.22. The molecule has 0 aliphatic carbocycles. The molecule has 24 heavy (non-hydrogen) atoms. The van der Waals surface area contributed by atoms with Crippen LogP contribution in [0.3, 0.4) is 0 Å². The van der Waals surface area contributed by atoms with Crippen LogP contribution in [0.5, 0.6) is 0 Å². The molecule has 0 bridgehead atoms. The zero-order chi connectivity index (χ0) is 16.9. The Bertz CT molecular complexity index is 700. The number of nitrogens with one attached hydrogen (secondary N) is 1. The number of hydrogen-bond acceptors (Lipinski definition) is 5. The third-order valence-corrected chi connectivity index (χ3v) is 5.29. The van der Waals surface area contributed by atoms with Gasteiger partial charge < -0.3 is 11.1 Å². The summed E-state index contributed by atoms with van der Waals surface area (Å²) < 4.78 is 0. The van der Waals surface area contributed by atoms with Gasteiger partial charge in [0.1, 0.15) is 0 Å². The van der Waals surface area contributed by atoms with Crippen molar-refractivity contribution < 1.29 is 4.79 Å². The highest BCUT2D eigenvalue weighted by Crippen LogP contribution is 2.20. The van der Waals surface area contributed by atoms with Gasteiger partial charge in [0.15, 0.2) is 5.13 Å². The first-order chi connectivity index (χ1) is 11.6. The maximum atomic E-state index is 12.4. The second-order valence-corrected chi connectivity index (χ2v) is 7.13. The van der Waals surface area contributed by atoms with E-state index in [1.54, 1.807) is 0 Å². The van der Waals surface area contributed by atoms with E-state index in [1.165, 1.54) is 22.5 Å². The molecule has 1 amide bonds. The summed E-state index contributed by atoms with van der Waals surface area (Å²) in [7, 11) is 0. The van der Waals surface area contributed by atoms with E-state index in [9.17, 15) is 4.79 Å². The van der Waals surface area contributed by atoms with Crippen molar-refractivity contribution in [1.29, 1.82) is 0 Å². The van der Waals surface area contributed by atoms with Gasteiger partial charge in [-0.15, -0.1) is 11.3 Å². The Labute approximate surface area is 146 Å². The second-order valence-electron chi connectivity index (χ2n) is 6.24. The molecule has 1 aromatic heterocycles. The molecule has 1 aliphatic heterocycles. The number of aryl methyl sites for hydroxylation is 1. The average Bonchev–Trinajstić information content (AvgIpc) is 3.02. The summed E-state index contributed by atoms with van der Waals surface area (Å²) in [5.74, 6) is 0.104. The van der Waals surface area contributed by atoms with Gasteiger partial charge in [0.2, 0.25) is 5.91 Å². The minimum atomic E-state index is -0.103. The van der Waals surface area contributed by atoms with Crippen LogP contribution < -0.4 is 11.1 Å². The van der Waals surface area contributed by atoms with Crippen LogP contribution in [0.25, 0.3) is 0 Å². The van der Waals surface area contributed by atoms with E-state index in [1.807, 2.05) is 12.3 Å². The summed E-state index contributed by atoms with van der Waals surface area (Å²) in [4.78, 5) is 18.9. The quantitative estimate of drug-likeness (QED) is 0.788. The SMILES string of the molecule is CC(C(=O)NCCCc1csc(N)n1)N1CCc2ccccc2C1. The molecule has 3 rings (SSSR count). The van der Waals surface area contributed by atoms with E-state index in [0.29, 0.717) is 11.7 Å². The number of thiazole rings is 1. The highest BCUT2D eigenvalue weighted by molar-refractivity contribution is 7.13. The van der Waals surface area contributed by atoms with Crippen LogP contribution in [-0.2, 0) is 24.2 Å². The van der Waals surface area contributed by atoms with Gasteiger partial charge >= 0.3 is 0 Å². The normalized spacial score (nSPS) is 15.7. The Kier molecular flexibility index (Phi) is 5.48. The number of rotatable bonds is 6. The van der Waals surface area contributed by atoms with Crippen LogP contribution in [0.4, 0.5) is 5.13 Å². The van der Waals surface area contributed by atoms with E-state index in [0.717, 1.165) is 38.0 Å². The number of aromatic nitrogens is 1. The summed E-state index contributed by atoms with van der Waals surface area (Å²) >= 11 is 1.46. The van der Waals surface area contributed by atoms with Crippen molar-refractivity contribution >= 4 is 22.4 Å². The largest absolute Gasteiger partial charge is 0.375 e. The van der Waals surface area contributed by atoms with Crippen molar-refractivity contribution in [3.05, 3.63) is 46.5 Å². The van der Waals surface area contributed by atoms with Crippen LogP contribution in [0, 0.1) is 0 Å². The number of carbonyl (C=O) groups is 1. The lowest BCUT2D eigenvalue weighted by molar-refractivity contribution is -0.126. The summed E-state index contributed by atoms with van der Waals surface area (Å²) in [5, 5.41) is 5.63. The van der Waals surface area contributed by atoms with Crippen molar-refractivity contribution in [3.63, 3.8) is 0 Å².